The average molecular weight is 254 g/mol. The van der Waals surface area contributed by atoms with Gasteiger partial charge in [-0.15, -0.1) is 0 Å². The Morgan fingerprint density at radius 1 is 1.56 bits per heavy atom. The molecule has 2 N–H and O–H groups in total. The molecular weight excluding hydrogens is 236 g/mol. The second-order valence-corrected chi connectivity index (χ2v) is 3.69. The van der Waals surface area contributed by atoms with Gasteiger partial charge in [-0.05, 0) is 14.0 Å². The van der Waals surface area contributed by atoms with Gasteiger partial charge < -0.3 is 15.4 Å². The van der Waals surface area contributed by atoms with Crippen LogP contribution in [0.1, 0.15) is 18.5 Å². The molecule has 1 rings (SSSR count). The van der Waals surface area contributed by atoms with E-state index in [4.69, 9.17) is 4.74 Å². The Morgan fingerprint density at radius 3 is 2.78 bits per heavy atom. The van der Waals surface area contributed by atoms with E-state index < -0.39 is 12.0 Å². The van der Waals surface area contributed by atoms with Gasteiger partial charge in [-0.3, -0.25) is 14.3 Å². The average Bonchev–Trinajstić information content (AvgIpc) is 2.74. The summed E-state index contributed by atoms with van der Waals surface area (Å²) in [4.78, 5) is 23.0. The number of likely N-dealkylation sites (N-methyl/N-ethyl adjacent to an activating group) is 1. The summed E-state index contributed by atoms with van der Waals surface area (Å²) in [6.45, 7) is 1.88. The molecule has 0 saturated carbocycles. The maximum Gasteiger partial charge on any atom is 0.325 e. The van der Waals surface area contributed by atoms with E-state index in [9.17, 15) is 9.59 Å². The van der Waals surface area contributed by atoms with Crippen LogP contribution in [0.2, 0.25) is 0 Å². The predicted molar refractivity (Wildman–Crippen MR) is 64.7 cm³/mol. The smallest absolute Gasteiger partial charge is 0.325 e. The van der Waals surface area contributed by atoms with Crippen molar-refractivity contribution in [2.24, 2.45) is 7.05 Å². The van der Waals surface area contributed by atoms with Crippen LogP contribution in [0.15, 0.2) is 12.4 Å². The minimum Gasteiger partial charge on any atom is -0.465 e. The third kappa shape index (κ3) is 3.85. The number of ether oxygens (including phenoxy) is 1. The lowest BCUT2D eigenvalue weighted by molar-refractivity contribution is -0.143. The molecule has 1 heterocycles. The molecule has 1 aromatic rings. The number of aromatic nitrogens is 2. The number of hydrogen-bond donors (Lipinski definition) is 2. The van der Waals surface area contributed by atoms with E-state index in [1.165, 1.54) is 0 Å². The Kier molecular flexibility index (Phi) is 5.31. The van der Waals surface area contributed by atoms with Crippen molar-refractivity contribution in [3.63, 3.8) is 0 Å². The predicted octanol–water partition coefficient (Wildman–Crippen LogP) is -0.640. The standard InChI is InChI=1S/C11H18N4O3/c1-4-18-9(16)6-13-11(17)10(12-2)8-5-14-15(3)7-8/h5,7,10,12H,4,6H2,1-3H3,(H,13,17). The van der Waals surface area contributed by atoms with Crippen molar-refractivity contribution in [3.8, 4) is 0 Å². The monoisotopic (exact) mass is 254 g/mol. The first-order chi connectivity index (χ1) is 8.58. The van der Waals surface area contributed by atoms with Gasteiger partial charge >= 0.3 is 5.97 Å². The highest BCUT2D eigenvalue weighted by molar-refractivity contribution is 5.86. The van der Waals surface area contributed by atoms with Crippen molar-refractivity contribution in [1.82, 2.24) is 20.4 Å². The molecule has 0 aromatic carbocycles. The summed E-state index contributed by atoms with van der Waals surface area (Å²) >= 11 is 0. The highest BCUT2D eigenvalue weighted by atomic mass is 16.5. The Labute approximate surface area is 105 Å². The third-order valence-corrected chi connectivity index (χ3v) is 2.32. The van der Waals surface area contributed by atoms with Crippen LogP contribution < -0.4 is 10.6 Å². The fourth-order valence-electron chi connectivity index (χ4n) is 1.51. The number of nitrogens with one attached hydrogen (secondary N) is 2. The first-order valence-electron chi connectivity index (χ1n) is 5.67. The maximum absolute atomic E-state index is 11.9. The molecule has 1 unspecified atom stereocenters. The van der Waals surface area contributed by atoms with Crippen LogP contribution in [0.25, 0.3) is 0 Å². The van der Waals surface area contributed by atoms with Gasteiger partial charge in [-0.1, -0.05) is 0 Å². The molecule has 0 radical (unpaired) electrons. The third-order valence-electron chi connectivity index (χ3n) is 2.32. The van der Waals surface area contributed by atoms with Gasteiger partial charge in [0.25, 0.3) is 0 Å². The molecule has 0 fully saturated rings. The van der Waals surface area contributed by atoms with E-state index in [-0.39, 0.29) is 12.5 Å². The first-order valence-corrected chi connectivity index (χ1v) is 5.67. The Balaban J connectivity index is 2.55. The zero-order valence-corrected chi connectivity index (χ0v) is 10.8. The molecule has 7 heteroatoms. The number of amides is 1. The summed E-state index contributed by atoms with van der Waals surface area (Å²) < 4.78 is 6.33. The number of esters is 1. The molecule has 1 aromatic heterocycles. The number of aryl methyl sites for hydroxylation is 1. The summed E-state index contributed by atoms with van der Waals surface area (Å²) in [5.74, 6) is -0.745. The van der Waals surface area contributed by atoms with Crippen molar-refractivity contribution >= 4 is 11.9 Å². The largest absolute Gasteiger partial charge is 0.465 e. The summed E-state index contributed by atoms with van der Waals surface area (Å²) in [6.07, 6.45) is 3.34. The maximum atomic E-state index is 11.9. The van der Waals surface area contributed by atoms with Crippen molar-refractivity contribution in [2.75, 3.05) is 20.2 Å². The molecule has 0 saturated heterocycles. The molecular formula is C11H18N4O3. The normalized spacial score (nSPS) is 11.9. The molecule has 0 bridgehead atoms. The lowest BCUT2D eigenvalue weighted by atomic mass is 10.1. The highest BCUT2D eigenvalue weighted by Gasteiger charge is 2.20. The van der Waals surface area contributed by atoms with Crippen molar-refractivity contribution < 1.29 is 14.3 Å². The van der Waals surface area contributed by atoms with Crippen LogP contribution in [-0.4, -0.2) is 41.9 Å². The van der Waals surface area contributed by atoms with Crippen molar-refractivity contribution in [1.29, 1.82) is 0 Å². The van der Waals surface area contributed by atoms with E-state index in [0.717, 1.165) is 5.56 Å². The van der Waals surface area contributed by atoms with Crippen LogP contribution in [0.4, 0.5) is 0 Å². The Hall–Kier alpha value is -1.89. The zero-order chi connectivity index (χ0) is 13.5. The van der Waals surface area contributed by atoms with E-state index in [1.807, 2.05) is 0 Å². The van der Waals surface area contributed by atoms with Gasteiger partial charge in [-0.25, -0.2) is 0 Å². The molecule has 0 aliphatic heterocycles. The van der Waals surface area contributed by atoms with Crippen LogP contribution in [0.3, 0.4) is 0 Å². The van der Waals surface area contributed by atoms with E-state index >= 15 is 0 Å². The second kappa shape index (κ2) is 6.75. The number of rotatable bonds is 6. The SMILES string of the molecule is CCOC(=O)CNC(=O)C(NC)c1cnn(C)c1. The van der Waals surface area contributed by atoms with E-state index in [2.05, 4.69) is 15.7 Å². The van der Waals surface area contributed by atoms with E-state index in [1.54, 1.807) is 38.1 Å². The highest BCUT2D eigenvalue weighted by Crippen LogP contribution is 2.10. The van der Waals surface area contributed by atoms with Gasteiger partial charge in [0.1, 0.15) is 12.6 Å². The minimum absolute atomic E-state index is 0.134. The number of carbonyl (C=O) groups excluding carboxylic acids is 2. The number of carbonyl (C=O) groups is 2. The van der Waals surface area contributed by atoms with Gasteiger partial charge in [0.05, 0.1) is 12.8 Å². The molecule has 100 valence electrons. The summed E-state index contributed by atoms with van der Waals surface area (Å²) in [6, 6.07) is -0.534. The quantitative estimate of drug-likeness (QED) is 0.660. The van der Waals surface area contributed by atoms with Crippen LogP contribution in [0.5, 0.6) is 0 Å². The fraction of sp³-hybridized carbons (Fsp3) is 0.545. The van der Waals surface area contributed by atoms with Gasteiger partial charge in [0.2, 0.25) is 5.91 Å². The van der Waals surface area contributed by atoms with E-state index in [0.29, 0.717) is 6.61 Å². The summed E-state index contributed by atoms with van der Waals surface area (Å²) in [5.41, 5.74) is 0.737. The molecule has 0 spiro atoms. The van der Waals surface area contributed by atoms with Crippen LogP contribution in [-0.2, 0) is 21.4 Å². The number of nitrogens with zero attached hydrogens (tertiary/aromatic N) is 2. The van der Waals surface area contributed by atoms with Crippen LogP contribution in [0, 0.1) is 0 Å². The van der Waals surface area contributed by atoms with Crippen molar-refractivity contribution in [3.05, 3.63) is 18.0 Å². The lowest BCUT2D eigenvalue weighted by Crippen LogP contribution is -2.38. The lowest BCUT2D eigenvalue weighted by Gasteiger charge is -2.13. The molecule has 1 atom stereocenters. The molecule has 0 aliphatic carbocycles. The zero-order valence-electron chi connectivity index (χ0n) is 10.8. The van der Waals surface area contributed by atoms with Crippen LogP contribution >= 0.6 is 0 Å². The molecule has 7 nitrogen and oxygen atoms in total. The van der Waals surface area contributed by atoms with Gasteiger partial charge in [0, 0.05) is 18.8 Å². The van der Waals surface area contributed by atoms with Gasteiger partial charge in [0.15, 0.2) is 0 Å². The fourth-order valence-corrected chi connectivity index (χ4v) is 1.51. The summed E-state index contributed by atoms with van der Waals surface area (Å²) in [5, 5.41) is 9.38. The van der Waals surface area contributed by atoms with Gasteiger partial charge in [-0.2, -0.15) is 5.10 Å². The molecule has 18 heavy (non-hydrogen) atoms. The first kappa shape index (κ1) is 14.2. The molecule has 0 aliphatic rings. The topological polar surface area (TPSA) is 85.2 Å². The number of hydrogen-bond acceptors (Lipinski definition) is 5. The molecule has 1 amide bonds. The van der Waals surface area contributed by atoms with Crippen molar-refractivity contribution in [2.45, 2.75) is 13.0 Å². The second-order valence-electron chi connectivity index (χ2n) is 3.69. The Morgan fingerprint density at radius 2 is 2.28 bits per heavy atom. The Bertz CT molecular complexity index is 416. The minimum atomic E-state index is -0.534. The summed E-state index contributed by atoms with van der Waals surface area (Å²) in [7, 11) is 3.44.